The van der Waals surface area contributed by atoms with Gasteiger partial charge < -0.3 is 10.2 Å². The lowest BCUT2D eigenvalue weighted by molar-refractivity contribution is 0.103. The van der Waals surface area contributed by atoms with Crippen LogP contribution in [0.2, 0.25) is 0 Å². The third kappa shape index (κ3) is 4.25. The van der Waals surface area contributed by atoms with Gasteiger partial charge in [0.05, 0.1) is 10.6 Å². The van der Waals surface area contributed by atoms with Crippen LogP contribution in [-0.4, -0.2) is 30.1 Å². The number of nitrogens with one attached hydrogen (secondary N) is 1. The van der Waals surface area contributed by atoms with E-state index in [0.717, 1.165) is 34.4 Å². The Bertz CT molecular complexity index is 798. The van der Waals surface area contributed by atoms with E-state index in [0.29, 0.717) is 11.6 Å². The predicted molar refractivity (Wildman–Crippen MR) is 105 cm³/mol. The van der Waals surface area contributed by atoms with Crippen LogP contribution in [-0.2, 0) is 12.8 Å². The highest BCUT2D eigenvalue weighted by atomic mass is 32.2. The molecule has 0 radical (unpaired) electrons. The first kappa shape index (κ1) is 18.0. The molecule has 0 aliphatic heterocycles. The van der Waals surface area contributed by atoms with E-state index >= 15 is 0 Å². The summed E-state index contributed by atoms with van der Waals surface area (Å²) in [5.41, 5.74) is 1.99. The van der Waals surface area contributed by atoms with Crippen LogP contribution in [0.25, 0.3) is 0 Å². The fraction of sp³-hybridized carbons (Fsp3) is 0.368. The molecule has 3 rings (SSSR count). The van der Waals surface area contributed by atoms with Crippen LogP contribution in [0.4, 0.5) is 10.5 Å². The minimum Gasteiger partial charge on any atom is -0.339 e. The number of para-hydroxylation sites is 1. The van der Waals surface area contributed by atoms with Crippen LogP contribution in [0.1, 0.15) is 33.5 Å². The Morgan fingerprint density at radius 2 is 2.04 bits per heavy atom. The quantitative estimate of drug-likeness (QED) is 0.778. The molecule has 0 spiro atoms. The maximum atomic E-state index is 12.7. The first-order valence-corrected chi connectivity index (χ1v) is 9.98. The SMILES string of the molecule is CC1CCc2sc(C(=O)Nc3ccccc3SC(=O)N(C)C)cc2C1. The number of carbonyl (C=O) groups excluding carboxylic acids is 2. The summed E-state index contributed by atoms with van der Waals surface area (Å²) in [4.78, 5) is 29.0. The summed E-state index contributed by atoms with van der Waals surface area (Å²) in [7, 11) is 3.43. The number of thioether (sulfide) groups is 1. The summed E-state index contributed by atoms with van der Waals surface area (Å²) in [6.07, 6.45) is 3.32. The third-order valence-electron chi connectivity index (χ3n) is 4.25. The number of anilines is 1. The lowest BCUT2D eigenvalue weighted by Gasteiger charge is -2.16. The molecule has 0 fully saturated rings. The van der Waals surface area contributed by atoms with Crippen LogP contribution >= 0.6 is 23.1 Å². The van der Waals surface area contributed by atoms with Gasteiger partial charge in [-0.3, -0.25) is 9.59 Å². The number of benzene rings is 1. The number of rotatable bonds is 3. The Hall–Kier alpha value is -1.79. The van der Waals surface area contributed by atoms with Gasteiger partial charge in [0.2, 0.25) is 0 Å². The summed E-state index contributed by atoms with van der Waals surface area (Å²) < 4.78 is 0. The number of hydrogen-bond acceptors (Lipinski definition) is 4. The highest BCUT2D eigenvalue weighted by Gasteiger charge is 2.21. The second-order valence-electron chi connectivity index (χ2n) is 6.62. The Kier molecular flexibility index (Phi) is 5.49. The average Bonchev–Trinajstić information content (AvgIpc) is 2.99. The van der Waals surface area contributed by atoms with Gasteiger partial charge in [-0.15, -0.1) is 11.3 Å². The second kappa shape index (κ2) is 7.62. The van der Waals surface area contributed by atoms with E-state index in [4.69, 9.17) is 0 Å². The van der Waals surface area contributed by atoms with Crippen molar-refractivity contribution in [2.45, 2.75) is 31.1 Å². The molecule has 2 amide bonds. The number of aryl methyl sites for hydroxylation is 1. The molecule has 0 saturated carbocycles. The van der Waals surface area contributed by atoms with Crippen LogP contribution in [0.5, 0.6) is 0 Å². The number of thiophene rings is 1. The van der Waals surface area contributed by atoms with E-state index in [1.54, 1.807) is 25.4 Å². The fourth-order valence-electron chi connectivity index (χ4n) is 2.85. The van der Waals surface area contributed by atoms with E-state index in [2.05, 4.69) is 12.2 Å². The molecule has 1 unspecified atom stereocenters. The van der Waals surface area contributed by atoms with Gasteiger partial charge >= 0.3 is 0 Å². The van der Waals surface area contributed by atoms with Gasteiger partial charge in [0.1, 0.15) is 0 Å². The van der Waals surface area contributed by atoms with E-state index < -0.39 is 0 Å². The molecule has 0 saturated heterocycles. The van der Waals surface area contributed by atoms with Gasteiger partial charge in [-0.1, -0.05) is 19.1 Å². The molecule has 1 heterocycles. The van der Waals surface area contributed by atoms with Crippen molar-refractivity contribution in [2.24, 2.45) is 5.92 Å². The van der Waals surface area contributed by atoms with Crippen molar-refractivity contribution in [1.29, 1.82) is 0 Å². The normalized spacial score (nSPS) is 16.2. The smallest absolute Gasteiger partial charge is 0.286 e. The summed E-state index contributed by atoms with van der Waals surface area (Å²) in [5.74, 6) is 0.588. The minimum absolute atomic E-state index is 0.0673. The Labute approximate surface area is 156 Å². The molecular formula is C19H22N2O2S2. The summed E-state index contributed by atoms with van der Waals surface area (Å²) >= 11 is 2.71. The lowest BCUT2D eigenvalue weighted by Crippen LogP contribution is -2.17. The van der Waals surface area contributed by atoms with Gasteiger partial charge in [-0.05, 0) is 60.7 Å². The molecule has 2 aromatic rings. The number of hydrogen-bond donors (Lipinski definition) is 1. The van der Waals surface area contributed by atoms with Crippen molar-refractivity contribution in [3.05, 3.63) is 45.6 Å². The number of fused-ring (bicyclic) bond motifs is 1. The van der Waals surface area contributed by atoms with Gasteiger partial charge in [0.15, 0.2) is 0 Å². The van der Waals surface area contributed by atoms with Crippen LogP contribution < -0.4 is 5.32 Å². The number of carbonyl (C=O) groups is 2. The summed E-state index contributed by atoms with van der Waals surface area (Å²) in [6, 6.07) is 9.44. The first-order valence-electron chi connectivity index (χ1n) is 8.35. The van der Waals surface area contributed by atoms with Gasteiger partial charge in [-0.2, -0.15) is 0 Å². The zero-order chi connectivity index (χ0) is 18.0. The minimum atomic E-state index is -0.0996. The first-order chi connectivity index (χ1) is 11.9. The Morgan fingerprint density at radius 1 is 1.28 bits per heavy atom. The molecule has 1 atom stereocenters. The molecule has 1 aliphatic rings. The van der Waals surface area contributed by atoms with E-state index in [9.17, 15) is 9.59 Å². The van der Waals surface area contributed by atoms with Gasteiger partial charge in [-0.25, -0.2) is 0 Å². The lowest BCUT2D eigenvalue weighted by atomic mass is 9.90. The van der Waals surface area contributed by atoms with E-state index in [1.165, 1.54) is 21.8 Å². The van der Waals surface area contributed by atoms with Gasteiger partial charge in [0, 0.05) is 23.9 Å². The molecule has 6 heteroatoms. The topological polar surface area (TPSA) is 49.4 Å². The standard InChI is InChI=1S/C19H22N2O2S2/c1-12-8-9-15-13(10-12)11-17(24-15)18(22)20-14-6-4-5-7-16(14)25-19(23)21(2)3/h4-7,11-12H,8-10H2,1-3H3,(H,20,22). The van der Waals surface area contributed by atoms with Crippen LogP contribution in [0, 0.1) is 5.92 Å². The predicted octanol–water partition coefficient (Wildman–Crippen LogP) is 4.90. The third-order valence-corrected chi connectivity index (χ3v) is 6.60. The Morgan fingerprint density at radius 3 is 2.80 bits per heavy atom. The van der Waals surface area contributed by atoms with Crippen molar-refractivity contribution in [3.8, 4) is 0 Å². The largest absolute Gasteiger partial charge is 0.339 e. The molecule has 1 aliphatic carbocycles. The van der Waals surface area contributed by atoms with E-state index in [-0.39, 0.29) is 11.1 Å². The molecule has 132 valence electrons. The Balaban J connectivity index is 1.76. The second-order valence-corrected chi connectivity index (χ2v) is 8.75. The van der Waals surface area contributed by atoms with Crippen molar-refractivity contribution in [1.82, 2.24) is 4.90 Å². The molecule has 1 N–H and O–H groups in total. The molecule has 1 aromatic heterocycles. The van der Waals surface area contributed by atoms with Gasteiger partial charge in [0.25, 0.3) is 11.1 Å². The average molecular weight is 375 g/mol. The highest BCUT2D eigenvalue weighted by molar-refractivity contribution is 8.13. The fourth-order valence-corrected chi connectivity index (χ4v) is 4.70. The van der Waals surface area contributed by atoms with Crippen molar-refractivity contribution in [3.63, 3.8) is 0 Å². The zero-order valence-corrected chi connectivity index (χ0v) is 16.3. The van der Waals surface area contributed by atoms with Crippen LogP contribution in [0.3, 0.4) is 0 Å². The van der Waals surface area contributed by atoms with E-state index in [1.807, 2.05) is 30.3 Å². The maximum Gasteiger partial charge on any atom is 0.286 e. The maximum absolute atomic E-state index is 12.7. The summed E-state index contributed by atoms with van der Waals surface area (Å²) in [5, 5.41) is 2.90. The number of amides is 2. The molecule has 25 heavy (non-hydrogen) atoms. The molecule has 0 bridgehead atoms. The molecular weight excluding hydrogens is 352 g/mol. The highest BCUT2D eigenvalue weighted by Crippen LogP contribution is 2.33. The monoisotopic (exact) mass is 374 g/mol. The molecule has 4 nitrogen and oxygen atoms in total. The van der Waals surface area contributed by atoms with Crippen molar-refractivity contribution >= 4 is 39.9 Å². The summed E-state index contributed by atoms with van der Waals surface area (Å²) in [6.45, 7) is 2.26. The zero-order valence-electron chi connectivity index (χ0n) is 14.7. The van der Waals surface area contributed by atoms with Crippen molar-refractivity contribution in [2.75, 3.05) is 19.4 Å². The van der Waals surface area contributed by atoms with Crippen LogP contribution in [0.15, 0.2) is 35.2 Å². The number of nitrogens with zero attached hydrogens (tertiary/aromatic N) is 1. The van der Waals surface area contributed by atoms with Crippen molar-refractivity contribution < 1.29 is 9.59 Å². The molecule has 1 aromatic carbocycles.